The number of para-hydroxylation sites is 1. The van der Waals surface area contributed by atoms with Gasteiger partial charge in [0.1, 0.15) is 11.5 Å². The van der Waals surface area contributed by atoms with Crippen molar-refractivity contribution in [3.8, 4) is 5.75 Å². The van der Waals surface area contributed by atoms with Crippen LogP contribution in [0, 0.1) is 6.92 Å². The fourth-order valence-corrected chi connectivity index (χ4v) is 2.64. The normalized spacial score (nSPS) is 12.0. The lowest BCUT2D eigenvalue weighted by molar-refractivity contribution is -0.118. The summed E-state index contributed by atoms with van der Waals surface area (Å²) in [5.41, 5.74) is 2.25. The number of phenolic OH excluding ortho intramolecular Hbond substituents is 1. The molecule has 0 aliphatic heterocycles. The van der Waals surface area contributed by atoms with Gasteiger partial charge in [-0.3, -0.25) is 4.79 Å². The van der Waals surface area contributed by atoms with Gasteiger partial charge in [-0.25, -0.2) is 0 Å². The first-order chi connectivity index (χ1) is 11.0. The zero-order valence-electron chi connectivity index (χ0n) is 13.1. The topological polar surface area (TPSA) is 77.8 Å². The maximum absolute atomic E-state index is 12.2. The van der Waals surface area contributed by atoms with Gasteiger partial charge in [-0.05, 0) is 30.0 Å². The predicted octanol–water partition coefficient (Wildman–Crippen LogP) is 2.29. The third-order valence-electron chi connectivity index (χ3n) is 3.96. The third kappa shape index (κ3) is 4.94. The molecule has 0 saturated heterocycles. The van der Waals surface area contributed by atoms with Crippen molar-refractivity contribution in [2.24, 2.45) is 0 Å². The number of phenols is 1. The Labute approximate surface area is 136 Å². The van der Waals surface area contributed by atoms with E-state index in [1.807, 2.05) is 30.3 Å². The van der Waals surface area contributed by atoms with Crippen LogP contribution in [0.25, 0.3) is 0 Å². The molecule has 0 heterocycles. The number of aryl methyl sites for hydroxylation is 1. The van der Waals surface area contributed by atoms with E-state index in [1.165, 1.54) is 0 Å². The highest BCUT2D eigenvalue weighted by atomic mass is 16.4. The molecule has 2 aromatic rings. The van der Waals surface area contributed by atoms with Crippen molar-refractivity contribution >= 4 is 12.9 Å². The summed E-state index contributed by atoms with van der Waals surface area (Å²) >= 11 is 0. The molecule has 2 rings (SSSR count). The van der Waals surface area contributed by atoms with Gasteiger partial charge in [-0.2, -0.15) is 0 Å². The molecule has 0 aliphatic rings. The van der Waals surface area contributed by atoms with Crippen LogP contribution in [0.4, 0.5) is 0 Å². The SMILES string of the molecule is Cc1cccc(CC(CC(=O)Cc2ccccc2)B(O)O)c1O. The lowest BCUT2D eigenvalue weighted by atomic mass is 9.66. The van der Waals surface area contributed by atoms with Gasteiger partial charge in [0.05, 0.1) is 0 Å². The summed E-state index contributed by atoms with van der Waals surface area (Å²) in [6, 6.07) is 14.7. The number of aromatic hydroxyl groups is 1. The van der Waals surface area contributed by atoms with Gasteiger partial charge < -0.3 is 15.2 Å². The van der Waals surface area contributed by atoms with Gasteiger partial charge in [-0.1, -0.05) is 48.5 Å². The van der Waals surface area contributed by atoms with Crippen LogP contribution in [0.3, 0.4) is 0 Å². The van der Waals surface area contributed by atoms with Crippen molar-refractivity contribution in [3.63, 3.8) is 0 Å². The first-order valence-electron chi connectivity index (χ1n) is 7.66. The van der Waals surface area contributed by atoms with Crippen LogP contribution in [0.5, 0.6) is 5.75 Å². The smallest absolute Gasteiger partial charge is 0.455 e. The standard InChI is InChI=1S/C18H21BO4/c1-13-6-5-9-15(18(13)21)11-16(19(22)23)12-17(20)10-14-7-3-2-4-8-14/h2-9,16,21-23H,10-12H2,1H3. The van der Waals surface area contributed by atoms with Gasteiger partial charge in [-0.15, -0.1) is 0 Å². The Kier molecular flexibility index (Phi) is 5.96. The lowest BCUT2D eigenvalue weighted by Crippen LogP contribution is -2.25. The molecule has 0 radical (unpaired) electrons. The number of Topliss-reactive ketones (excluding diaryl/α,β-unsaturated/α-hetero) is 1. The molecule has 1 unspecified atom stereocenters. The minimum Gasteiger partial charge on any atom is -0.507 e. The molecule has 0 bridgehead atoms. The second-order valence-electron chi connectivity index (χ2n) is 5.87. The van der Waals surface area contributed by atoms with Crippen molar-refractivity contribution in [2.45, 2.75) is 32.0 Å². The molecular formula is C18H21BO4. The Bertz CT molecular complexity index is 655. The Balaban J connectivity index is 2.04. The van der Waals surface area contributed by atoms with Crippen LogP contribution in [-0.2, 0) is 17.6 Å². The number of hydrogen-bond acceptors (Lipinski definition) is 4. The number of carbonyl (C=O) groups is 1. The summed E-state index contributed by atoms with van der Waals surface area (Å²) in [6.45, 7) is 1.78. The minimum absolute atomic E-state index is 0.0542. The fourth-order valence-electron chi connectivity index (χ4n) is 2.64. The monoisotopic (exact) mass is 312 g/mol. The maximum atomic E-state index is 12.2. The second kappa shape index (κ2) is 7.95. The molecule has 3 N–H and O–H groups in total. The van der Waals surface area contributed by atoms with Crippen LogP contribution >= 0.6 is 0 Å². The molecule has 2 aromatic carbocycles. The van der Waals surface area contributed by atoms with Gasteiger partial charge in [0, 0.05) is 18.7 Å². The van der Waals surface area contributed by atoms with Gasteiger partial charge in [0.15, 0.2) is 0 Å². The Morgan fingerprint density at radius 1 is 1.09 bits per heavy atom. The summed E-state index contributed by atoms with van der Waals surface area (Å²) in [6.07, 6.45) is 0.565. The van der Waals surface area contributed by atoms with Crippen LogP contribution in [0.2, 0.25) is 5.82 Å². The first kappa shape index (κ1) is 17.3. The van der Waals surface area contributed by atoms with E-state index in [0.29, 0.717) is 5.56 Å². The Morgan fingerprint density at radius 3 is 2.43 bits per heavy atom. The van der Waals surface area contributed by atoms with E-state index in [4.69, 9.17) is 0 Å². The molecule has 23 heavy (non-hydrogen) atoms. The molecule has 0 aromatic heterocycles. The number of carbonyl (C=O) groups excluding carboxylic acids is 1. The van der Waals surface area contributed by atoms with Crippen LogP contribution in [0.15, 0.2) is 48.5 Å². The average Bonchev–Trinajstić information content (AvgIpc) is 2.51. The van der Waals surface area contributed by atoms with Crippen molar-refractivity contribution < 1.29 is 19.9 Å². The Morgan fingerprint density at radius 2 is 1.78 bits per heavy atom. The first-order valence-corrected chi connectivity index (χ1v) is 7.66. The summed E-state index contributed by atoms with van der Waals surface area (Å²) in [5.74, 6) is -0.547. The summed E-state index contributed by atoms with van der Waals surface area (Å²) in [5, 5.41) is 29.2. The predicted molar refractivity (Wildman–Crippen MR) is 90.3 cm³/mol. The van der Waals surface area contributed by atoms with Crippen molar-refractivity contribution in [3.05, 3.63) is 65.2 Å². The summed E-state index contributed by atoms with van der Waals surface area (Å²) in [7, 11) is -1.60. The van der Waals surface area contributed by atoms with E-state index in [1.54, 1.807) is 25.1 Å². The highest BCUT2D eigenvalue weighted by molar-refractivity contribution is 6.43. The molecule has 4 nitrogen and oxygen atoms in total. The van der Waals surface area contributed by atoms with E-state index in [-0.39, 0.29) is 30.8 Å². The van der Waals surface area contributed by atoms with Gasteiger partial charge in [0.2, 0.25) is 0 Å². The van der Waals surface area contributed by atoms with Gasteiger partial charge >= 0.3 is 7.12 Å². The number of ketones is 1. The summed E-state index contributed by atoms with van der Waals surface area (Å²) < 4.78 is 0. The largest absolute Gasteiger partial charge is 0.507 e. The van der Waals surface area contributed by atoms with Crippen molar-refractivity contribution in [2.75, 3.05) is 0 Å². The van der Waals surface area contributed by atoms with E-state index in [9.17, 15) is 19.9 Å². The summed E-state index contributed by atoms with van der Waals surface area (Å²) in [4.78, 5) is 12.2. The number of rotatable bonds is 7. The maximum Gasteiger partial charge on any atom is 0.455 e. The molecule has 5 heteroatoms. The molecule has 0 amide bonds. The van der Waals surface area contributed by atoms with Crippen LogP contribution in [0.1, 0.15) is 23.1 Å². The van der Waals surface area contributed by atoms with E-state index in [2.05, 4.69) is 0 Å². The zero-order valence-corrected chi connectivity index (χ0v) is 13.1. The fraction of sp³-hybridized carbons (Fsp3) is 0.278. The third-order valence-corrected chi connectivity index (χ3v) is 3.96. The molecule has 0 fully saturated rings. The lowest BCUT2D eigenvalue weighted by Gasteiger charge is -2.16. The number of hydrogen-bond donors (Lipinski definition) is 3. The molecule has 0 saturated carbocycles. The zero-order chi connectivity index (χ0) is 16.8. The quantitative estimate of drug-likeness (QED) is 0.686. The second-order valence-corrected chi connectivity index (χ2v) is 5.87. The molecular weight excluding hydrogens is 291 g/mol. The minimum atomic E-state index is -1.60. The highest BCUT2D eigenvalue weighted by Gasteiger charge is 2.27. The van der Waals surface area contributed by atoms with Crippen molar-refractivity contribution in [1.29, 1.82) is 0 Å². The molecule has 120 valence electrons. The van der Waals surface area contributed by atoms with Gasteiger partial charge in [0.25, 0.3) is 0 Å². The van der Waals surface area contributed by atoms with Crippen molar-refractivity contribution in [1.82, 2.24) is 0 Å². The average molecular weight is 312 g/mol. The van der Waals surface area contributed by atoms with E-state index >= 15 is 0 Å². The number of benzene rings is 2. The van der Waals surface area contributed by atoms with Crippen LogP contribution < -0.4 is 0 Å². The Hall–Kier alpha value is -2.11. The van der Waals surface area contributed by atoms with Crippen LogP contribution in [-0.4, -0.2) is 28.1 Å². The molecule has 1 atom stereocenters. The molecule has 0 aliphatic carbocycles. The molecule has 0 spiro atoms. The highest BCUT2D eigenvalue weighted by Crippen LogP contribution is 2.28. The van der Waals surface area contributed by atoms with E-state index < -0.39 is 12.9 Å². The van der Waals surface area contributed by atoms with E-state index in [0.717, 1.165) is 11.1 Å².